The second-order valence-electron chi connectivity index (χ2n) is 7.09. The number of aromatic nitrogens is 2. The quantitative estimate of drug-likeness (QED) is 0.295. The molecule has 29 heavy (non-hydrogen) atoms. The summed E-state index contributed by atoms with van der Waals surface area (Å²) in [4.78, 5) is 42.2. The highest BCUT2D eigenvalue weighted by Crippen LogP contribution is 2.30. The standard InChI is InChI=1S/C21H26N2O5S/c1-27-12-6-11-23-19(25)15-10-9-14(20(26)28-2)13-16(15)22-21(23)29-18-8-5-3-4-7-17(18)24/h9-10,13,18H,3-8,11-12H2,1-2H3/t18-/m0/s1. The maximum absolute atomic E-state index is 13.2. The van der Waals surface area contributed by atoms with Crippen LogP contribution in [0.4, 0.5) is 0 Å². The Kier molecular flexibility index (Phi) is 7.44. The van der Waals surface area contributed by atoms with E-state index in [1.807, 2.05) is 0 Å². The fraction of sp³-hybridized carbons (Fsp3) is 0.524. The minimum atomic E-state index is -0.480. The molecule has 8 heteroatoms. The number of nitrogens with zero attached hydrogens (tertiary/aromatic N) is 2. The number of fused-ring (bicyclic) bond motifs is 1. The third-order valence-corrected chi connectivity index (χ3v) is 6.37. The van der Waals surface area contributed by atoms with E-state index in [-0.39, 0.29) is 16.6 Å². The molecule has 1 saturated carbocycles. The monoisotopic (exact) mass is 418 g/mol. The van der Waals surface area contributed by atoms with Crippen molar-refractivity contribution in [2.45, 2.75) is 55.5 Å². The molecule has 0 unspecified atom stereocenters. The van der Waals surface area contributed by atoms with E-state index < -0.39 is 5.97 Å². The predicted octanol–water partition coefficient (Wildman–Crippen LogP) is 3.21. The highest BCUT2D eigenvalue weighted by atomic mass is 32.2. The Labute approximate surface area is 173 Å². The van der Waals surface area contributed by atoms with Crippen LogP contribution in [0, 0.1) is 0 Å². The molecule has 1 aliphatic rings. The Morgan fingerprint density at radius 3 is 2.83 bits per heavy atom. The number of hydrogen-bond donors (Lipinski definition) is 0. The Hall–Kier alpha value is -2.19. The van der Waals surface area contributed by atoms with E-state index in [2.05, 4.69) is 4.98 Å². The minimum Gasteiger partial charge on any atom is -0.465 e. The first kappa shape index (κ1) is 21.5. The van der Waals surface area contributed by atoms with Gasteiger partial charge in [0.2, 0.25) is 0 Å². The fourth-order valence-electron chi connectivity index (χ4n) is 3.48. The smallest absolute Gasteiger partial charge is 0.337 e. The molecule has 0 bridgehead atoms. The van der Waals surface area contributed by atoms with Crippen molar-refractivity contribution < 1.29 is 19.1 Å². The first-order chi connectivity index (χ1) is 14.0. The van der Waals surface area contributed by atoms with Crippen LogP contribution in [0.5, 0.6) is 0 Å². The number of rotatable bonds is 7. The number of carbonyl (C=O) groups excluding carboxylic acids is 2. The molecule has 1 aromatic heterocycles. The number of ketones is 1. The molecule has 7 nitrogen and oxygen atoms in total. The van der Waals surface area contributed by atoms with Crippen LogP contribution in [0.2, 0.25) is 0 Å². The van der Waals surface area contributed by atoms with Crippen LogP contribution in [-0.2, 0) is 20.8 Å². The number of ether oxygens (including phenoxy) is 2. The lowest BCUT2D eigenvalue weighted by Gasteiger charge is -2.17. The Morgan fingerprint density at radius 1 is 1.24 bits per heavy atom. The molecule has 0 spiro atoms. The van der Waals surface area contributed by atoms with Crippen molar-refractivity contribution in [3.05, 3.63) is 34.1 Å². The maximum atomic E-state index is 13.2. The van der Waals surface area contributed by atoms with E-state index in [1.54, 1.807) is 29.9 Å². The molecule has 0 radical (unpaired) electrons. The summed E-state index contributed by atoms with van der Waals surface area (Å²) in [6, 6.07) is 4.74. The maximum Gasteiger partial charge on any atom is 0.337 e. The average Bonchev–Trinajstić information content (AvgIpc) is 2.93. The SMILES string of the molecule is COCCCn1c(S[C@H]2CCCCCC2=O)nc2cc(C(=O)OC)ccc2c1=O. The van der Waals surface area contributed by atoms with Gasteiger partial charge in [0.05, 0.1) is 28.8 Å². The number of hydrogen-bond acceptors (Lipinski definition) is 7. The van der Waals surface area contributed by atoms with Gasteiger partial charge in [-0.15, -0.1) is 0 Å². The normalized spacial score (nSPS) is 17.3. The lowest BCUT2D eigenvalue weighted by Crippen LogP contribution is -2.26. The largest absolute Gasteiger partial charge is 0.465 e. The third kappa shape index (κ3) is 5.05. The van der Waals surface area contributed by atoms with Gasteiger partial charge in [-0.05, 0) is 37.5 Å². The van der Waals surface area contributed by atoms with Crippen LogP contribution >= 0.6 is 11.8 Å². The first-order valence-electron chi connectivity index (χ1n) is 9.86. The molecule has 0 N–H and O–H groups in total. The fourth-order valence-corrected chi connectivity index (χ4v) is 4.72. The van der Waals surface area contributed by atoms with Gasteiger partial charge in [0.25, 0.3) is 5.56 Å². The van der Waals surface area contributed by atoms with Crippen molar-refractivity contribution in [1.82, 2.24) is 9.55 Å². The van der Waals surface area contributed by atoms with Gasteiger partial charge in [0.15, 0.2) is 5.16 Å². The summed E-state index contributed by atoms with van der Waals surface area (Å²) < 4.78 is 11.5. The Morgan fingerprint density at radius 2 is 2.07 bits per heavy atom. The molecule has 0 amide bonds. The molecule has 1 heterocycles. The molecular weight excluding hydrogens is 392 g/mol. The number of Topliss-reactive ketones (excluding diaryl/α,β-unsaturated/α-hetero) is 1. The summed E-state index contributed by atoms with van der Waals surface area (Å²) in [7, 11) is 2.93. The van der Waals surface area contributed by atoms with Gasteiger partial charge in [-0.3, -0.25) is 14.2 Å². The number of methoxy groups -OCH3 is 2. The Bertz CT molecular complexity index is 956. The van der Waals surface area contributed by atoms with Crippen LogP contribution in [-0.4, -0.2) is 47.4 Å². The van der Waals surface area contributed by atoms with Crippen LogP contribution in [0.1, 0.15) is 48.9 Å². The summed E-state index contributed by atoms with van der Waals surface area (Å²) in [5, 5.41) is 0.756. The zero-order chi connectivity index (χ0) is 20.8. The highest BCUT2D eigenvalue weighted by Gasteiger charge is 2.25. The lowest BCUT2D eigenvalue weighted by atomic mass is 10.1. The minimum absolute atomic E-state index is 0.175. The van der Waals surface area contributed by atoms with Crippen molar-refractivity contribution in [3.63, 3.8) is 0 Å². The van der Waals surface area contributed by atoms with Crippen molar-refractivity contribution in [3.8, 4) is 0 Å². The van der Waals surface area contributed by atoms with E-state index in [0.717, 1.165) is 25.7 Å². The lowest BCUT2D eigenvalue weighted by molar-refractivity contribution is -0.118. The summed E-state index contributed by atoms with van der Waals surface area (Å²) in [5.74, 6) is -0.264. The van der Waals surface area contributed by atoms with E-state index in [9.17, 15) is 14.4 Å². The summed E-state index contributed by atoms with van der Waals surface area (Å²) in [6.07, 6.45) is 5.00. The van der Waals surface area contributed by atoms with Crippen molar-refractivity contribution in [2.75, 3.05) is 20.8 Å². The zero-order valence-corrected chi connectivity index (χ0v) is 17.6. The molecule has 1 atom stereocenters. The van der Waals surface area contributed by atoms with E-state index in [0.29, 0.717) is 47.6 Å². The van der Waals surface area contributed by atoms with Crippen LogP contribution in [0.15, 0.2) is 28.2 Å². The molecule has 2 aromatic rings. The average molecular weight is 419 g/mol. The van der Waals surface area contributed by atoms with E-state index in [4.69, 9.17) is 9.47 Å². The number of thioether (sulfide) groups is 1. The van der Waals surface area contributed by atoms with Gasteiger partial charge in [-0.1, -0.05) is 24.6 Å². The van der Waals surface area contributed by atoms with Crippen molar-refractivity contribution in [1.29, 1.82) is 0 Å². The summed E-state index contributed by atoms with van der Waals surface area (Å²) in [6.45, 7) is 0.982. The second kappa shape index (κ2) is 10.0. The van der Waals surface area contributed by atoms with Gasteiger partial charge >= 0.3 is 5.97 Å². The number of benzene rings is 1. The van der Waals surface area contributed by atoms with Crippen molar-refractivity contribution in [2.24, 2.45) is 0 Å². The van der Waals surface area contributed by atoms with Crippen LogP contribution in [0.3, 0.4) is 0 Å². The van der Waals surface area contributed by atoms with E-state index >= 15 is 0 Å². The van der Waals surface area contributed by atoms with Crippen LogP contribution < -0.4 is 5.56 Å². The highest BCUT2D eigenvalue weighted by molar-refractivity contribution is 8.00. The Balaban J connectivity index is 2.04. The first-order valence-corrected chi connectivity index (χ1v) is 10.7. The van der Waals surface area contributed by atoms with Gasteiger partial charge in [-0.25, -0.2) is 9.78 Å². The third-order valence-electron chi connectivity index (χ3n) is 5.07. The molecule has 1 aromatic carbocycles. The number of esters is 1. The number of carbonyl (C=O) groups is 2. The topological polar surface area (TPSA) is 87.5 Å². The summed E-state index contributed by atoms with van der Waals surface area (Å²) >= 11 is 1.36. The van der Waals surface area contributed by atoms with Gasteiger partial charge in [0, 0.05) is 26.7 Å². The van der Waals surface area contributed by atoms with Gasteiger partial charge in [0.1, 0.15) is 5.78 Å². The predicted molar refractivity (Wildman–Crippen MR) is 112 cm³/mol. The molecule has 156 valence electrons. The molecule has 0 saturated heterocycles. The van der Waals surface area contributed by atoms with Crippen LogP contribution in [0.25, 0.3) is 10.9 Å². The molecule has 0 aliphatic heterocycles. The zero-order valence-electron chi connectivity index (χ0n) is 16.8. The van der Waals surface area contributed by atoms with Crippen molar-refractivity contribution >= 4 is 34.4 Å². The van der Waals surface area contributed by atoms with Gasteiger partial charge < -0.3 is 9.47 Å². The molecular formula is C21H26N2O5S. The van der Waals surface area contributed by atoms with Gasteiger partial charge in [-0.2, -0.15) is 0 Å². The summed E-state index contributed by atoms with van der Waals surface area (Å²) in [5.41, 5.74) is 0.598. The second-order valence-corrected chi connectivity index (χ2v) is 8.26. The molecule has 1 aliphatic carbocycles. The molecule has 3 rings (SSSR count). The molecule has 1 fully saturated rings. The van der Waals surface area contributed by atoms with E-state index in [1.165, 1.54) is 18.9 Å².